The van der Waals surface area contributed by atoms with Gasteiger partial charge in [0.15, 0.2) is 10.9 Å². The topological polar surface area (TPSA) is 96.4 Å². The molecule has 0 saturated heterocycles. The standard InChI is InChI=1S/C20H18ClN3O4S2/c1-12-18(29-20(22-12)24(2)30(3,27)28)19(26)23-16-10-9-14(21)11-15(16)17(25)13-7-5-4-6-8-13/h4-11H,1-3H3,(H,23,26). The Morgan fingerprint density at radius 3 is 2.43 bits per heavy atom. The van der Waals surface area contributed by atoms with Crippen LogP contribution < -0.4 is 9.62 Å². The molecule has 0 unspecified atom stereocenters. The average Bonchev–Trinajstić information content (AvgIpc) is 3.09. The van der Waals surface area contributed by atoms with Crippen molar-refractivity contribution in [1.29, 1.82) is 0 Å². The van der Waals surface area contributed by atoms with Crippen LogP contribution in [0, 0.1) is 6.92 Å². The van der Waals surface area contributed by atoms with Gasteiger partial charge >= 0.3 is 0 Å². The second kappa shape index (κ2) is 8.55. The zero-order chi connectivity index (χ0) is 22.1. The van der Waals surface area contributed by atoms with Crippen molar-refractivity contribution in [3.63, 3.8) is 0 Å². The average molecular weight is 464 g/mol. The minimum absolute atomic E-state index is 0.178. The molecule has 0 bridgehead atoms. The van der Waals surface area contributed by atoms with E-state index >= 15 is 0 Å². The monoisotopic (exact) mass is 463 g/mol. The molecule has 0 saturated carbocycles. The molecule has 0 aliphatic carbocycles. The van der Waals surface area contributed by atoms with E-state index in [0.717, 1.165) is 21.9 Å². The number of sulfonamides is 1. The third-order valence-electron chi connectivity index (χ3n) is 4.27. The fraction of sp³-hybridized carbons (Fsp3) is 0.150. The smallest absolute Gasteiger partial charge is 0.267 e. The Kier molecular flexibility index (Phi) is 6.25. The predicted molar refractivity (Wildman–Crippen MR) is 119 cm³/mol. The zero-order valence-corrected chi connectivity index (χ0v) is 18.7. The summed E-state index contributed by atoms with van der Waals surface area (Å²) in [7, 11) is -2.14. The number of benzene rings is 2. The zero-order valence-electron chi connectivity index (χ0n) is 16.3. The van der Waals surface area contributed by atoms with E-state index in [0.29, 0.717) is 22.0 Å². The van der Waals surface area contributed by atoms with Gasteiger partial charge in [-0.25, -0.2) is 17.7 Å². The summed E-state index contributed by atoms with van der Waals surface area (Å²) in [5.74, 6) is -0.783. The summed E-state index contributed by atoms with van der Waals surface area (Å²) in [5, 5.41) is 3.26. The van der Waals surface area contributed by atoms with E-state index in [1.807, 2.05) is 0 Å². The van der Waals surface area contributed by atoms with Crippen molar-refractivity contribution in [2.45, 2.75) is 6.92 Å². The lowest BCUT2D eigenvalue weighted by molar-refractivity contribution is 0.102. The number of nitrogens with one attached hydrogen (secondary N) is 1. The summed E-state index contributed by atoms with van der Waals surface area (Å²) < 4.78 is 24.5. The lowest BCUT2D eigenvalue weighted by atomic mass is 10.0. The summed E-state index contributed by atoms with van der Waals surface area (Å²) >= 11 is 7.02. The molecule has 3 rings (SSSR count). The number of amides is 1. The second-order valence-corrected chi connectivity index (χ2v) is 9.91. The van der Waals surface area contributed by atoms with Crippen molar-refractivity contribution >= 4 is 55.5 Å². The molecule has 1 aromatic heterocycles. The molecule has 0 atom stereocenters. The Hall–Kier alpha value is -2.75. The Morgan fingerprint density at radius 1 is 1.13 bits per heavy atom. The number of aromatic nitrogens is 1. The SMILES string of the molecule is Cc1nc(N(C)S(C)(=O)=O)sc1C(=O)Nc1ccc(Cl)cc1C(=O)c1ccccc1. The van der Waals surface area contributed by atoms with Crippen molar-refractivity contribution in [3.05, 3.63) is 75.3 Å². The van der Waals surface area contributed by atoms with E-state index < -0.39 is 15.9 Å². The first-order chi connectivity index (χ1) is 14.1. The third kappa shape index (κ3) is 4.69. The van der Waals surface area contributed by atoms with E-state index in [9.17, 15) is 18.0 Å². The Balaban J connectivity index is 1.93. The fourth-order valence-corrected chi connectivity index (χ4v) is 4.45. The van der Waals surface area contributed by atoms with Crippen LogP contribution in [0.3, 0.4) is 0 Å². The van der Waals surface area contributed by atoms with Crippen LogP contribution in [0.1, 0.15) is 31.3 Å². The van der Waals surface area contributed by atoms with Crippen molar-refractivity contribution < 1.29 is 18.0 Å². The first-order valence-corrected chi connectivity index (χ1v) is 11.7. The molecule has 2 aromatic carbocycles. The Morgan fingerprint density at radius 2 is 1.80 bits per heavy atom. The maximum absolute atomic E-state index is 12.9. The van der Waals surface area contributed by atoms with E-state index in [4.69, 9.17) is 11.6 Å². The number of hydrogen-bond acceptors (Lipinski definition) is 6. The number of thiazole rings is 1. The molecule has 0 fully saturated rings. The van der Waals surface area contributed by atoms with Gasteiger partial charge in [-0.05, 0) is 25.1 Å². The van der Waals surface area contributed by atoms with Gasteiger partial charge in [0.05, 0.1) is 17.6 Å². The van der Waals surface area contributed by atoms with Gasteiger partial charge in [0.1, 0.15) is 4.88 Å². The molecule has 0 spiro atoms. The molecule has 0 radical (unpaired) electrons. The molecule has 10 heteroatoms. The highest BCUT2D eigenvalue weighted by Crippen LogP contribution is 2.29. The largest absolute Gasteiger partial charge is 0.321 e. The maximum Gasteiger partial charge on any atom is 0.267 e. The second-order valence-electron chi connectivity index (χ2n) is 6.48. The summed E-state index contributed by atoms with van der Waals surface area (Å²) in [5.41, 5.74) is 1.39. The molecular weight excluding hydrogens is 446 g/mol. The van der Waals surface area contributed by atoms with E-state index in [1.54, 1.807) is 49.4 Å². The lowest BCUT2D eigenvalue weighted by Crippen LogP contribution is -2.24. The molecule has 1 heterocycles. The van der Waals surface area contributed by atoms with Gasteiger partial charge in [-0.2, -0.15) is 0 Å². The molecule has 1 amide bonds. The number of rotatable bonds is 6. The first-order valence-electron chi connectivity index (χ1n) is 8.70. The van der Waals surface area contributed by atoms with E-state index in [1.165, 1.54) is 13.1 Å². The number of carbonyl (C=O) groups is 2. The number of hydrogen-bond donors (Lipinski definition) is 1. The molecule has 0 aliphatic heterocycles. The van der Waals surface area contributed by atoms with Crippen molar-refractivity contribution in [2.75, 3.05) is 22.9 Å². The van der Waals surface area contributed by atoms with Crippen LogP contribution in [0.2, 0.25) is 5.02 Å². The third-order valence-corrected chi connectivity index (χ3v) is 7.02. The van der Waals surface area contributed by atoms with Gasteiger partial charge in [-0.15, -0.1) is 0 Å². The number of nitrogens with zero attached hydrogens (tertiary/aromatic N) is 2. The summed E-state index contributed by atoms with van der Waals surface area (Å²) in [6, 6.07) is 13.3. The van der Waals surface area contributed by atoms with Crippen LogP contribution in [0.15, 0.2) is 48.5 Å². The molecule has 1 N–H and O–H groups in total. The van der Waals surface area contributed by atoms with Crippen molar-refractivity contribution in [3.8, 4) is 0 Å². The van der Waals surface area contributed by atoms with Crippen LogP contribution in [0.25, 0.3) is 0 Å². The molecule has 30 heavy (non-hydrogen) atoms. The summed E-state index contributed by atoms with van der Waals surface area (Å²) in [6.07, 6.45) is 1.05. The number of halogens is 1. The molecule has 7 nitrogen and oxygen atoms in total. The normalized spacial score (nSPS) is 11.2. The van der Waals surface area contributed by atoms with Crippen LogP contribution in [-0.4, -0.2) is 38.4 Å². The molecular formula is C20H18ClN3O4S2. The highest BCUT2D eigenvalue weighted by atomic mass is 35.5. The quantitative estimate of drug-likeness (QED) is 0.557. The van der Waals surface area contributed by atoms with E-state index in [-0.39, 0.29) is 21.4 Å². The van der Waals surface area contributed by atoms with Gasteiger partial charge in [0, 0.05) is 23.2 Å². The Labute approximate surface area is 183 Å². The molecule has 0 aliphatic rings. The minimum atomic E-state index is -3.51. The van der Waals surface area contributed by atoms with E-state index in [2.05, 4.69) is 10.3 Å². The summed E-state index contributed by atoms with van der Waals surface area (Å²) in [4.78, 5) is 30.2. The molecule has 3 aromatic rings. The predicted octanol–water partition coefficient (Wildman–Crippen LogP) is 3.98. The first kappa shape index (κ1) is 21.9. The number of aryl methyl sites for hydroxylation is 1. The summed E-state index contributed by atoms with van der Waals surface area (Å²) in [6.45, 7) is 1.61. The minimum Gasteiger partial charge on any atom is -0.321 e. The van der Waals surface area contributed by atoms with Gasteiger partial charge in [0.25, 0.3) is 5.91 Å². The van der Waals surface area contributed by atoms with Crippen LogP contribution in [0.4, 0.5) is 10.8 Å². The number of anilines is 2. The van der Waals surface area contributed by atoms with Gasteiger partial charge in [0.2, 0.25) is 10.0 Å². The van der Waals surface area contributed by atoms with Crippen LogP contribution >= 0.6 is 22.9 Å². The maximum atomic E-state index is 12.9. The van der Waals surface area contributed by atoms with Gasteiger partial charge in [-0.1, -0.05) is 53.3 Å². The van der Waals surface area contributed by atoms with Gasteiger partial charge in [-0.3, -0.25) is 9.59 Å². The Bertz CT molecular complexity index is 1220. The van der Waals surface area contributed by atoms with Crippen molar-refractivity contribution in [2.24, 2.45) is 0 Å². The molecule has 156 valence electrons. The van der Waals surface area contributed by atoms with Crippen molar-refractivity contribution in [1.82, 2.24) is 4.98 Å². The fourth-order valence-electron chi connectivity index (χ4n) is 2.61. The highest BCUT2D eigenvalue weighted by Gasteiger charge is 2.23. The number of ketones is 1. The lowest BCUT2D eigenvalue weighted by Gasteiger charge is -2.12. The number of carbonyl (C=O) groups excluding carboxylic acids is 2. The van der Waals surface area contributed by atoms with Crippen LogP contribution in [0.5, 0.6) is 0 Å². The van der Waals surface area contributed by atoms with Crippen LogP contribution in [-0.2, 0) is 10.0 Å². The van der Waals surface area contributed by atoms with Gasteiger partial charge < -0.3 is 5.32 Å². The highest BCUT2D eigenvalue weighted by molar-refractivity contribution is 7.92.